The minimum Gasteiger partial charge on any atom is -0.192 e. The number of nitrogens with zero attached hydrogens (tertiary/aromatic N) is 2. The van der Waals surface area contributed by atoms with Crippen LogP contribution in [0.4, 0.5) is 0 Å². The first-order valence-corrected chi connectivity index (χ1v) is 18.7. The van der Waals surface area contributed by atoms with Crippen LogP contribution in [-0.2, 0) is 0 Å². The van der Waals surface area contributed by atoms with E-state index in [0.717, 1.165) is 66.1 Å². The molecule has 0 N–H and O–H groups in total. The lowest BCUT2D eigenvalue weighted by Gasteiger charge is -2.22. The van der Waals surface area contributed by atoms with Crippen LogP contribution in [0.25, 0.3) is 109 Å². The summed E-state index contributed by atoms with van der Waals surface area (Å²) in [7, 11) is 0. The first kappa shape index (κ1) is 31.3. The predicted molar refractivity (Wildman–Crippen MR) is 229 cm³/mol. The maximum absolute atomic E-state index is 9.82. The summed E-state index contributed by atoms with van der Waals surface area (Å²) in [6.45, 7) is 0. The zero-order valence-electron chi connectivity index (χ0n) is 29.4. The molecule has 2 nitrogen and oxygen atoms in total. The fraction of sp³-hybridized carbons (Fsp3) is 0. The van der Waals surface area contributed by atoms with Gasteiger partial charge in [0.1, 0.15) is 0 Å². The highest BCUT2D eigenvalue weighted by molar-refractivity contribution is 6.37. The minimum atomic E-state index is 0.610. The van der Waals surface area contributed by atoms with E-state index < -0.39 is 0 Å². The number of rotatable bonds is 3. The molecule has 0 bridgehead atoms. The summed E-state index contributed by atoms with van der Waals surface area (Å²) in [5.74, 6) is 0. The van der Waals surface area contributed by atoms with Gasteiger partial charge in [-0.15, -0.1) is 0 Å². The summed E-state index contributed by atoms with van der Waals surface area (Å²) < 4.78 is 0. The van der Waals surface area contributed by atoms with Crippen LogP contribution in [-0.4, -0.2) is 0 Å². The maximum Gasteiger partial charge on any atom is 0.0991 e. The average molecular weight is 715 g/mol. The molecule has 0 radical (unpaired) electrons. The molecule has 1 aliphatic rings. The van der Waals surface area contributed by atoms with Gasteiger partial charge in [0.2, 0.25) is 0 Å². The molecular formula is C52H27ClN2. The fourth-order valence-electron chi connectivity index (χ4n) is 9.12. The Labute approximate surface area is 322 Å². The van der Waals surface area contributed by atoms with Gasteiger partial charge in [-0.25, -0.2) is 0 Å². The van der Waals surface area contributed by atoms with Crippen molar-refractivity contribution in [3.8, 4) is 67.8 Å². The second-order valence-corrected chi connectivity index (χ2v) is 14.7. The molecule has 0 fully saturated rings. The summed E-state index contributed by atoms with van der Waals surface area (Å²) in [4.78, 5) is 0. The Morgan fingerprint density at radius 2 is 0.836 bits per heavy atom. The van der Waals surface area contributed by atoms with Crippen LogP contribution in [0.5, 0.6) is 0 Å². The smallest absolute Gasteiger partial charge is 0.0991 e. The van der Waals surface area contributed by atoms with Crippen molar-refractivity contribution in [1.82, 2.24) is 0 Å². The molecule has 0 unspecified atom stereocenters. The van der Waals surface area contributed by atoms with Gasteiger partial charge in [0, 0.05) is 10.6 Å². The molecule has 0 saturated carbocycles. The molecule has 10 aromatic rings. The van der Waals surface area contributed by atoms with Gasteiger partial charge in [-0.05, 0) is 152 Å². The lowest BCUT2D eigenvalue weighted by atomic mass is 9.81. The third kappa shape index (κ3) is 4.54. The van der Waals surface area contributed by atoms with Gasteiger partial charge >= 0.3 is 0 Å². The van der Waals surface area contributed by atoms with Gasteiger partial charge in [0.05, 0.1) is 23.3 Å². The number of fused-ring (bicyclic) bond motifs is 9. The van der Waals surface area contributed by atoms with Crippen molar-refractivity contribution in [3.05, 3.63) is 180 Å². The molecule has 0 aromatic heterocycles. The van der Waals surface area contributed by atoms with E-state index in [1.165, 1.54) is 43.4 Å². The normalized spacial score (nSPS) is 11.7. The topological polar surface area (TPSA) is 47.6 Å². The monoisotopic (exact) mass is 714 g/mol. The van der Waals surface area contributed by atoms with Gasteiger partial charge < -0.3 is 0 Å². The molecule has 11 rings (SSSR count). The Hall–Kier alpha value is -7.23. The van der Waals surface area contributed by atoms with E-state index in [9.17, 15) is 10.5 Å². The molecule has 252 valence electrons. The predicted octanol–water partition coefficient (Wildman–Crippen LogP) is 14.5. The van der Waals surface area contributed by atoms with Crippen LogP contribution in [0.3, 0.4) is 0 Å². The van der Waals surface area contributed by atoms with Crippen molar-refractivity contribution >= 4 is 65.5 Å². The third-order valence-corrected chi connectivity index (χ3v) is 11.8. The summed E-state index contributed by atoms with van der Waals surface area (Å²) in [5.41, 5.74) is 12.1. The van der Waals surface area contributed by atoms with E-state index in [-0.39, 0.29) is 0 Å². The van der Waals surface area contributed by atoms with Gasteiger partial charge in [-0.3, -0.25) is 0 Å². The number of hydrogen-bond donors (Lipinski definition) is 0. The minimum absolute atomic E-state index is 0.610. The van der Waals surface area contributed by atoms with Crippen LogP contribution >= 0.6 is 11.6 Å². The molecule has 0 heterocycles. The van der Waals surface area contributed by atoms with E-state index in [2.05, 4.69) is 152 Å². The van der Waals surface area contributed by atoms with Crippen molar-refractivity contribution in [2.45, 2.75) is 0 Å². The average Bonchev–Trinajstić information content (AvgIpc) is 3.56. The quantitative estimate of drug-likeness (QED) is 0.171. The van der Waals surface area contributed by atoms with E-state index in [1.807, 2.05) is 24.3 Å². The molecule has 0 spiro atoms. The number of halogens is 1. The Balaban J connectivity index is 1.36. The second-order valence-electron chi connectivity index (χ2n) is 14.3. The zero-order chi connectivity index (χ0) is 36.8. The number of nitriles is 2. The summed E-state index contributed by atoms with van der Waals surface area (Å²) in [6.07, 6.45) is 0. The first-order valence-electron chi connectivity index (χ1n) is 18.3. The molecule has 10 aromatic carbocycles. The lowest BCUT2D eigenvalue weighted by Crippen LogP contribution is -1.95. The summed E-state index contributed by atoms with van der Waals surface area (Å²) in [6, 6.07) is 61.9. The highest BCUT2D eigenvalue weighted by Crippen LogP contribution is 2.59. The molecule has 1 aliphatic carbocycles. The Morgan fingerprint density at radius 1 is 0.345 bits per heavy atom. The standard InChI is InChI=1S/C52H27ClN2/c53-47-27-45-44(26-43(47)42-24-34-8-1-3-10-36(34)38-12-5-6-13-39(38)42)48(32-20-16-30(28-54)17-21-32)52-46-25-35-9-2-4-11-37(35)40-14-7-15-41(50(40)46)51(52)49(45)33-22-18-31(29-55)19-23-33/h1-27H. The molecule has 0 atom stereocenters. The SMILES string of the molecule is N#Cc1ccc(-c2c3c(c(-c4ccc(C#N)cc4)c4cc(-c5cc6ccccc6c6ccccc56)c(Cl)cc24)-c2cc4ccccc4c4cccc-3c24)cc1. The van der Waals surface area contributed by atoms with Crippen LogP contribution in [0, 0.1) is 22.7 Å². The van der Waals surface area contributed by atoms with Gasteiger partial charge in [-0.2, -0.15) is 10.5 Å². The first-order chi connectivity index (χ1) is 27.1. The maximum atomic E-state index is 9.82. The molecule has 0 aliphatic heterocycles. The zero-order valence-corrected chi connectivity index (χ0v) is 30.1. The van der Waals surface area contributed by atoms with Crippen molar-refractivity contribution in [2.24, 2.45) is 0 Å². The van der Waals surface area contributed by atoms with Gasteiger partial charge in [0.25, 0.3) is 0 Å². The van der Waals surface area contributed by atoms with Gasteiger partial charge in [-0.1, -0.05) is 127 Å². The fourth-order valence-corrected chi connectivity index (χ4v) is 9.38. The summed E-state index contributed by atoms with van der Waals surface area (Å²) in [5, 5.41) is 31.8. The molecule has 0 amide bonds. The van der Waals surface area contributed by atoms with E-state index >= 15 is 0 Å². The van der Waals surface area contributed by atoms with E-state index in [0.29, 0.717) is 16.1 Å². The van der Waals surface area contributed by atoms with Crippen molar-refractivity contribution < 1.29 is 0 Å². The summed E-state index contributed by atoms with van der Waals surface area (Å²) >= 11 is 7.55. The lowest BCUT2D eigenvalue weighted by molar-refractivity contribution is 1.48. The molecular weight excluding hydrogens is 688 g/mol. The van der Waals surface area contributed by atoms with E-state index in [1.54, 1.807) is 0 Å². The van der Waals surface area contributed by atoms with Crippen LogP contribution in [0.1, 0.15) is 11.1 Å². The Bertz CT molecular complexity index is 3380. The number of hydrogen-bond acceptors (Lipinski definition) is 2. The molecule has 0 saturated heterocycles. The third-order valence-electron chi connectivity index (χ3n) is 11.5. The largest absolute Gasteiger partial charge is 0.192 e. The Morgan fingerprint density at radius 3 is 1.45 bits per heavy atom. The van der Waals surface area contributed by atoms with Crippen LogP contribution in [0.2, 0.25) is 5.02 Å². The highest BCUT2D eigenvalue weighted by Gasteiger charge is 2.32. The second kappa shape index (κ2) is 11.9. The highest BCUT2D eigenvalue weighted by atomic mass is 35.5. The molecule has 3 heteroatoms. The van der Waals surface area contributed by atoms with Crippen molar-refractivity contribution in [2.75, 3.05) is 0 Å². The van der Waals surface area contributed by atoms with Crippen LogP contribution < -0.4 is 0 Å². The van der Waals surface area contributed by atoms with Crippen molar-refractivity contribution in [3.63, 3.8) is 0 Å². The molecule has 55 heavy (non-hydrogen) atoms. The Kier molecular flexibility index (Phi) is 6.77. The number of benzene rings is 10. The van der Waals surface area contributed by atoms with E-state index in [4.69, 9.17) is 11.6 Å². The van der Waals surface area contributed by atoms with Gasteiger partial charge in [0.15, 0.2) is 0 Å². The van der Waals surface area contributed by atoms with Crippen LogP contribution in [0.15, 0.2) is 164 Å². The van der Waals surface area contributed by atoms with Crippen molar-refractivity contribution in [1.29, 1.82) is 10.5 Å².